The molecule has 2 saturated heterocycles. The van der Waals surface area contributed by atoms with Crippen molar-refractivity contribution in [2.75, 3.05) is 19.6 Å². The second kappa shape index (κ2) is 4.97. The first kappa shape index (κ1) is 14.0. The second-order valence-electron chi connectivity index (χ2n) is 6.15. The Kier molecular flexibility index (Phi) is 3.04. The Morgan fingerprint density at radius 3 is 2.83 bits per heavy atom. The number of nitrogens with one attached hydrogen (secondary N) is 1. The molecule has 1 aromatic rings. The molecular weight excluding hydrogens is 298 g/mol. The SMILES string of the molecule is C[C@@H]1c2ccccc2O[C@@H]1C(=O)N1CCN2C(=O)NC(=O)[C@H]2C1. The van der Waals surface area contributed by atoms with Gasteiger partial charge in [0.2, 0.25) is 0 Å². The minimum absolute atomic E-state index is 0.0317. The predicted octanol–water partition coefficient (Wildman–Crippen LogP) is 0.314. The molecule has 23 heavy (non-hydrogen) atoms. The van der Waals surface area contributed by atoms with E-state index >= 15 is 0 Å². The number of carbonyl (C=O) groups excluding carboxylic acids is 3. The molecule has 1 aromatic carbocycles. The summed E-state index contributed by atoms with van der Waals surface area (Å²) in [4.78, 5) is 39.4. The number of carbonyl (C=O) groups is 3. The minimum Gasteiger partial charge on any atom is -0.480 e. The highest BCUT2D eigenvalue weighted by Crippen LogP contribution is 2.38. The number of fused-ring (bicyclic) bond motifs is 2. The van der Waals surface area contributed by atoms with Gasteiger partial charge >= 0.3 is 6.03 Å². The van der Waals surface area contributed by atoms with Crippen LogP contribution in [0.15, 0.2) is 24.3 Å². The summed E-state index contributed by atoms with van der Waals surface area (Å²) in [5.41, 5.74) is 1.03. The number of imide groups is 1. The number of piperazine rings is 1. The molecule has 3 aliphatic heterocycles. The minimum atomic E-state index is -0.584. The number of para-hydroxylation sites is 1. The molecule has 3 heterocycles. The number of nitrogens with zero attached hydrogens (tertiary/aromatic N) is 2. The normalized spacial score (nSPS) is 29.0. The molecule has 3 atom stereocenters. The Labute approximate surface area is 133 Å². The Balaban J connectivity index is 1.51. The highest BCUT2D eigenvalue weighted by atomic mass is 16.5. The zero-order chi connectivity index (χ0) is 16.1. The molecule has 2 fully saturated rings. The lowest BCUT2D eigenvalue weighted by molar-refractivity contribution is -0.141. The Bertz CT molecular complexity index is 704. The number of ether oxygens (including phenoxy) is 1. The lowest BCUT2D eigenvalue weighted by Crippen LogP contribution is -2.57. The largest absolute Gasteiger partial charge is 0.480 e. The van der Waals surface area contributed by atoms with E-state index < -0.39 is 12.1 Å². The van der Waals surface area contributed by atoms with Crippen LogP contribution in [-0.4, -0.2) is 59.4 Å². The van der Waals surface area contributed by atoms with E-state index in [4.69, 9.17) is 4.74 Å². The molecule has 3 aliphatic rings. The summed E-state index contributed by atoms with van der Waals surface area (Å²) in [6.45, 7) is 2.97. The molecule has 0 aromatic heterocycles. The molecule has 7 heteroatoms. The summed E-state index contributed by atoms with van der Waals surface area (Å²) >= 11 is 0. The molecule has 0 saturated carbocycles. The molecule has 4 rings (SSSR count). The van der Waals surface area contributed by atoms with Crippen LogP contribution in [0.25, 0.3) is 0 Å². The topological polar surface area (TPSA) is 79.0 Å². The van der Waals surface area contributed by atoms with Crippen molar-refractivity contribution in [3.05, 3.63) is 29.8 Å². The van der Waals surface area contributed by atoms with Crippen LogP contribution in [0, 0.1) is 0 Å². The van der Waals surface area contributed by atoms with Gasteiger partial charge in [0.05, 0.1) is 6.54 Å². The maximum atomic E-state index is 12.8. The van der Waals surface area contributed by atoms with Gasteiger partial charge < -0.3 is 14.5 Å². The molecule has 120 valence electrons. The molecule has 0 aliphatic carbocycles. The second-order valence-corrected chi connectivity index (χ2v) is 6.15. The van der Waals surface area contributed by atoms with Crippen molar-refractivity contribution < 1.29 is 19.1 Å². The van der Waals surface area contributed by atoms with Gasteiger partial charge in [-0.15, -0.1) is 0 Å². The first-order valence-corrected chi connectivity index (χ1v) is 7.72. The van der Waals surface area contributed by atoms with Gasteiger partial charge in [0.15, 0.2) is 6.10 Å². The van der Waals surface area contributed by atoms with E-state index in [2.05, 4.69) is 5.32 Å². The van der Waals surface area contributed by atoms with Gasteiger partial charge in [-0.25, -0.2) is 4.79 Å². The first-order valence-electron chi connectivity index (χ1n) is 7.72. The fourth-order valence-corrected chi connectivity index (χ4v) is 3.52. The fourth-order valence-electron chi connectivity index (χ4n) is 3.52. The van der Waals surface area contributed by atoms with Crippen molar-refractivity contribution in [2.24, 2.45) is 0 Å². The van der Waals surface area contributed by atoms with Crippen molar-refractivity contribution >= 4 is 17.8 Å². The third-order valence-corrected chi connectivity index (χ3v) is 4.85. The van der Waals surface area contributed by atoms with Crippen LogP contribution in [0.5, 0.6) is 5.75 Å². The van der Waals surface area contributed by atoms with Crippen molar-refractivity contribution in [1.29, 1.82) is 0 Å². The Morgan fingerprint density at radius 1 is 1.26 bits per heavy atom. The van der Waals surface area contributed by atoms with E-state index in [9.17, 15) is 14.4 Å². The predicted molar refractivity (Wildman–Crippen MR) is 79.9 cm³/mol. The zero-order valence-electron chi connectivity index (χ0n) is 12.7. The van der Waals surface area contributed by atoms with Gasteiger partial charge in [-0.1, -0.05) is 25.1 Å². The number of amides is 4. The van der Waals surface area contributed by atoms with Crippen LogP contribution >= 0.6 is 0 Å². The van der Waals surface area contributed by atoms with Crippen molar-refractivity contribution in [2.45, 2.75) is 25.0 Å². The molecule has 4 amide bonds. The summed E-state index contributed by atoms with van der Waals surface area (Å²) in [5, 5.41) is 2.29. The molecule has 0 unspecified atom stereocenters. The highest BCUT2D eigenvalue weighted by molar-refractivity contribution is 6.04. The van der Waals surface area contributed by atoms with Crippen molar-refractivity contribution in [1.82, 2.24) is 15.1 Å². The van der Waals surface area contributed by atoms with Crippen molar-refractivity contribution in [3.8, 4) is 5.75 Å². The first-order chi connectivity index (χ1) is 11.1. The molecule has 0 bridgehead atoms. The summed E-state index contributed by atoms with van der Waals surface area (Å²) in [5.74, 6) is 0.248. The summed E-state index contributed by atoms with van der Waals surface area (Å²) in [7, 11) is 0. The average Bonchev–Trinajstić information content (AvgIpc) is 3.04. The van der Waals surface area contributed by atoms with Gasteiger partial charge in [-0.05, 0) is 6.07 Å². The monoisotopic (exact) mass is 315 g/mol. The van der Waals surface area contributed by atoms with Gasteiger partial charge in [-0.2, -0.15) is 0 Å². The number of hydrogen-bond acceptors (Lipinski definition) is 4. The number of hydrogen-bond donors (Lipinski definition) is 1. The quantitative estimate of drug-likeness (QED) is 0.757. The lowest BCUT2D eigenvalue weighted by Gasteiger charge is -2.36. The molecule has 7 nitrogen and oxygen atoms in total. The number of urea groups is 1. The number of benzene rings is 1. The van der Waals surface area contributed by atoms with Gasteiger partial charge in [0.25, 0.3) is 11.8 Å². The molecule has 0 radical (unpaired) electrons. The number of rotatable bonds is 1. The van der Waals surface area contributed by atoms with Crippen LogP contribution in [0.4, 0.5) is 4.79 Å². The van der Waals surface area contributed by atoms with E-state index in [0.29, 0.717) is 13.1 Å². The van der Waals surface area contributed by atoms with E-state index in [1.165, 1.54) is 4.90 Å². The van der Waals surface area contributed by atoms with E-state index in [-0.39, 0.29) is 30.3 Å². The van der Waals surface area contributed by atoms with E-state index in [1.807, 2.05) is 31.2 Å². The third-order valence-electron chi connectivity index (χ3n) is 4.85. The highest BCUT2D eigenvalue weighted by Gasteiger charge is 2.46. The molecular formula is C16H17N3O4. The maximum Gasteiger partial charge on any atom is 0.324 e. The van der Waals surface area contributed by atoms with Crippen LogP contribution in [0.2, 0.25) is 0 Å². The summed E-state index contributed by atoms with van der Waals surface area (Å²) in [6.07, 6.45) is -0.570. The Morgan fingerprint density at radius 2 is 2.04 bits per heavy atom. The Hall–Kier alpha value is -2.57. The zero-order valence-corrected chi connectivity index (χ0v) is 12.7. The van der Waals surface area contributed by atoms with E-state index in [0.717, 1.165) is 11.3 Å². The van der Waals surface area contributed by atoms with Gasteiger partial charge in [-0.3, -0.25) is 14.9 Å². The van der Waals surface area contributed by atoms with Crippen LogP contribution in [-0.2, 0) is 9.59 Å². The third kappa shape index (κ3) is 2.07. The van der Waals surface area contributed by atoms with Crippen LogP contribution < -0.4 is 10.1 Å². The molecule has 0 spiro atoms. The summed E-state index contributed by atoms with van der Waals surface area (Å²) in [6, 6.07) is 6.68. The smallest absolute Gasteiger partial charge is 0.324 e. The van der Waals surface area contributed by atoms with Gasteiger partial charge in [0, 0.05) is 24.6 Å². The average molecular weight is 315 g/mol. The summed E-state index contributed by atoms with van der Waals surface area (Å²) < 4.78 is 5.82. The van der Waals surface area contributed by atoms with Crippen LogP contribution in [0.1, 0.15) is 18.4 Å². The maximum absolute atomic E-state index is 12.8. The van der Waals surface area contributed by atoms with Crippen LogP contribution in [0.3, 0.4) is 0 Å². The lowest BCUT2D eigenvalue weighted by atomic mass is 9.96. The van der Waals surface area contributed by atoms with Crippen molar-refractivity contribution in [3.63, 3.8) is 0 Å². The molecule has 1 N–H and O–H groups in total. The standard InChI is InChI=1S/C16H17N3O4/c1-9-10-4-2-3-5-12(10)23-13(9)15(21)18-6-7-19-11(8-18)14(20)17-16(19)22/h2-5,9,11,13H,6-8H2,1H3,(H,17,20,22)/t9-,11-,13+/m1/s1. The van der Waals surface area contributed by atoms with Gasteiger partial charge in [0.1, 0.15) is 11.8 Å². The van der Waals surface area contributed by atoms with E-state index in [1.54, 1.807) is 4.90 Å². The fraction of sp³-hybridized carbons (Fsp3) is 0.438.